The van der Waals surface area contributed by atoms with Crippen LogP contribution >= 0.6 is 34.5 Å². The van der Waals surface area contributed by atoms with Crippen LogP contribution in [0.25, 0.3) is 10.2 Å². The van der Waals surface area contributed by atoms with Crippen molar-refractivity contribution in [1.29, 1.82) is 0 Å². The molecule has 0 radical (unpaired) electrons. The molecular formula is C16H10Cl2N2O3S. The van der Waals surface area contributed by atoms with Crippen molar-refractivity contribution in [3.05, 3.63) is 45.9 Å². The van der Waals surface area contributed by atoms with Crippen LogP contribution in [0.1, 0.15) is 5.56 Å². The summed E-state index contributed by atoms with van der Waals surface area (Å²) < 4.78 is 11.4. The van der Waals surface area contributed by atoms with Crippen molar-refractivity contribution in [1.82, 2.24) is 4.98 Å². The predicted molar refractivity (Wildman–Crippen MR) is 94.5 cm³/mol. The Morgan fingerprint density at radius 1 is 1.21 bits per heavy atom. The molecule has 0 bridgehead atoms. The van der Waals surface area contributed by atoms with E-state index in [2.05, 4.69) is 10.3 Å². The number of carbonyl (C=O) groups excluding carboxylic acids is 1. The lowest BCUT2D eigenvalue weighted by Crippen LogP contribution is -2.14. The molecule has 4 rings (SSSR count). The van der Waals surface area contributed by atoms with Gasteiger partial charge in [-0.1, -0.05) is 40.6 Å². The van der Waals surface area contributed by atoms with E-state index in [4.69, 9.17) is 32.7 Å². The van der Waals surface area contributed by atoms with E-state index in [1.54, 1.807) is 18.2 Å². The smallest absolute Gasteiger partial charge is 0.231 e. The third-order valence-electron chi connectivity index (χ3n) is 3.50. The Labute approximate surface area is 151 Å². The number of aromatic nitrogens is 1. The molecule has 5 nitrogen and oxygen atoms in total. The number of carbonyl (C=O) groups is 1. The minimum Gasteiger partial charge on any atom is -0.454 e. The molecule has 1 aromatic heterocycles. The number of thiazole rings is 1. The summed E-state index contributed by atoms with van der Waals surface area (Å²) in [6, 6.07) is 8.97. The van der Waals surface area contributed by atoms with Gasteiger partial charge in [-0.3, -0.25) is 4.79 Å². The second-order valence-electron chi connectivity index (χ2n) is 5.14. The molecule has 122 valence electrons. The first-order chi connectivity index (χ1) is 11.6. The number of anilines is 1. The third-order valence-corrected chi connectivity index (χ3v) is 5.23. The summed E-state index contributed by atoms with van der Waals surface area (Å²) in [6.07, 6.45) is 0.209. The molecule has 2 heterocycles. The summed E-state index contributed by atoms with van der Waals surface area (Å²) in [6.45, 7) is 0.208. The number of halogens is 2. The van der Waals surface area contributed by atoms with Gasteiger partial charge in [-0.15, -0.1) is 0 Å². The molecular weight excluding hydrogens is 371 g/mol. The molecule has 0 saturated heterocycles. The van der Waals surface area contributed by atoms with E-state index in [-0.39, 0.29) is 19.1 Å². The summed E-state index contributed by atoms with van der Waals surface area (Å²) in [4.78, 5) is 16.6. The fourth-order valence-electron chi connectivity index (χ4n) is 2.39. The minimum absolute atomic E-state index is 0.171. The predicted octanol–water partition coefficient (Wildman–Crippen LogP) is 4.51. The lowest BCUT2D eigenvalue weighted by Gasteiger charge is -2.03. The van der Waals surface area contributed by atoms with E-state index in [0.717, 1.165) is 10.3 Å². The van der Waals surface area contributed by atoms with Crippen molar-refractivity contribution < 1.29 is 14.3 Å². The molecule has 0 unspecified atom stereocenters. The second kappa shape index (κ2) is 6.12. The van der Waals surface area contributed by atoms with Gasteiger partial charge >= 0.3 is 0 Å². The highest BCUT2D eigenvalue weighted by atomic mass is 35.5. The first-order valence-corrected chi connectivity index (χ1v) is 8.60. The molecule has 1 amide bonds. The molecule has 3 aromatic rings. The summed E-state index contributed by atoms with van der Waals surface area (Å²) in [5.41, 5.74) is 1.42. The summed E-state index contributed by atoms with van der Waals surface area (Å²) in [7, 11) is 0. The van der Waals surface area contributed by atoms with Crippen LogP contribution in [0.4, 0.5) is 5.13 Å². The Morgan fingerprint density at radius 3 is 2.92 bits per heavy atom. The molecule has 0 spiro atoms. The van der Waals surface area contributed by atoms with Crippen LogP contribution in [0.15, 0.2) is 30.3 Å². The van der Waals surface area contributed by atoms with E-state index in [1.165, 1.54) is 11.3 Å². The normalized spacial score (nSPS) is 12.6. The molecule has 0 fully saturated rings. The zero-order valence-electron chi connectivity index (χ0n) is 12.1. The van der Waals surface area contributed by atoms with Gasteiger partial charge in [0.1, 0.15) is 5.52 Å². The maximum atomic E-state index is 12.2. The van der Waals surface area contributed by atoms with E-state index in [9.17, 15) is 4.79 Å². The maximum absolute atomic E-state index is 12.2. The number of ether oxygens (including phenoxy) is 2. The summed E-state index contributed by atoms with van der Waals surface area (Å²) in [5, 5.41) is 4.10. The molecule has 1 aliphatic rings. The Balaban J connectivity index is 1.51. The SMILES string of the molecule is O=C(Cc1ccc2c(c1)OCO2)Nc1nc2c(Cl)c(Cl)ccc2s1. The molecule has 24 heavy (non-hydrogen) atoms. The number of benzene rings is 2. The molecule has 1 aliphatic heterocycles. The molecule has 0 atom stereocenters. The van der Waals surface area contributed by atoms with Gasteiger partial charge in [-0.05, 0) is 29.8 Å². The summed E-state index contributed by atoms with van der Waals surface area (Å²) >= 11 is 13.5. The Bertz CT molecular complexity index is 958. The number of hydrogen-bond donors (Lipinski definition) is 1. The first-order valence-electron chi connectivity index (χ1n) is 7.03. The molecule has 1 N–H and O–H groups in total. The molecule has 0 aliphatic carbocycles. The first kappa shape index (κ1) is 15.5. The van der Waals surface area contributed by atoms with Crippen molar-refractivity contribution in [2.24, 2.45) is 0 Å². The number of amides is 1. The van der Waals surface area contributed by atoms with Crippen molar-refractivity contribution in [3.63, 3.8) is 0 Å². The quantitative estimate of drug-likeness (QED) is 0.725. The monoisotopic (exact) mass is 380 g/mol. The average Bonchev–Trinajstić information content (AvgIpc) is 3.17. The number of hydrogen-bond acceptors (Lipinski definition) is 5. The van der Waals surface area contributed by atoms with Crippen molar-refractivity contribution in [2.75, 3.05) is 12.1 Å². The zero-order valence-corrected chi connectivity index (χ0v) is 14.5. The molecule has 2 aromatic carbocycles. The number of nitrogens with zero attached hydrogens (tertiary/aromatic N) is 1. The fourth-order valence-corrected chi connectivity index (χ4v) is 3.70. The van der Waals surface area contributed by atoms with Crippen LogP contribution in [-0.4, -0.2) is 17.7 Å². The lowest BCUT2D eigenvalue weighted by atomic mass is 10.1. The van der Waals surface area contributed by atoms with Crippen molar-refractivity contribution in [3.8, 4) is 11.5 Å². The number of fused-ring (bicyclic) bond motifs is 2. The van der Waals surface area contributed by atoms with Crippen LogP contribution in [-0.2, 0) is 11.2 Å². The number of nitrogens with one attached hydrogen (secondary N) is 1. The number of rotatable bonds is 3. The highest BCUT2D eigenvalue weighted by Gasteiger charge is 2.16. The topological polar surface area (TPSA) is 60.5 Å². The van der Waals surface area contributed by atoms with Gasteiger partial charge in [-0.25, -0.2) is 4.98 Å². The van der Waals surface area contributed by atoms with E-state index in [1.807, 2.05) is 12.1 Å². The Hall–Kier alpha value is -2.02. The van der Waals surface area contributed by atoms with Gasteiger partial charge in [-0.2, -0.15) is 0 Å². The lowest BCUT2D eigenvalue weighted by molar-refractivity contribution is -0.115. The fraction of sp³-hybridized carbons (Fsp3) is 0.125. The second-order valence-corrected chi connectivity index (χ2v) is 6.96. The van der Waals surface area contributed by atoms with E-state index >= 15 is 0 Å². The average molecular weight is 381 g/mol. The van der Waals surface area contributed by atoms with Gasteiger partial charge in [0.2, 0.25) is 12.7 Å². The van der Waals surface area contributed by atoms with Crippen molar-refractivity contribution in [2.45, 2.75) is 6.42 Å². The molecule has 8 heteroatoms. The van der Waals surface area contributed by atoms with Crippen LogP contribution in [0.3, 0.4) is 0 Å². The highest BCUT2D eigenvalue weighted by Crippen LogP contribution is 2.35. The van der Waals surface area contributed by atoms with Gasteiger partial charge in [0, 0.05) is 0 Å². The maximum Gasteiger partial charge on any atom is 0.231 e. The van der Waals surface area contributed by atoms with Crippen LogP contribution in [0, 0.1) is 0 Å². The largest absolute Gasteiger partial charge is 0.454 e. The highest BCUT2D eigenvalue weighted by molar-refractivity contribution is 7.22. The van der Waals surface area contributed by atoms with E-state index in [0.29, 0.717) is 32.2 Å². The minimum atomic E-state index is -0.171. The molecule has 0 saturated carbocycles. The zero-order chi connectivity index (χ0) is 16.7. The van der Waals surface area contributed by atoms with Gasteiger partial charge < -0.3 is 14.8 Å². The Kier molecular flexibility index (Phi) is 3.96. The van der Waals surface area contributed by atoms with Crippen LogP contribution in [0.5, 0.6) is 11.5 Å². The summed E-state index contributed by atoms with van der Waals surface area (Å²) in [5.74, 6) is 1.17. The van der Waals surface area contributed by atoms with Gasteiger partial charge in [0.15, 0.2) is 16.6 Å². The van der Waals surface area contributed by atoms with Gasteiger partial charge in [0.25, 0.3) is 0 Å². The Morgan fingerprint density at radius 2 is 2.04 bits per heavy atom. The van der Waals surface area contributed by atoms with Crippen molar-refractivity contribution >= 4 is 55.8 Å². The third kappa shape index (κ3) is 2.88. The standard InChI is InChI=1S/C16H10Cl2N2O3S/c17-9-2-4-12-15(14(9)18)20-16(24-12)19-13(21)6-8-1-3-10-11(5-8)23-7-22-10/h1-5H,6-7H2,(H,19,20,21). The van der Waals surface area contributed by atoms with Crippen LogP contribution in [0.2, 0.25) is 10.0 Å². The van der Waals surface area contributed by atoms with E-state index < -0.39 is 0 Å². The van der Waals surface area contributed by atoms with Crippen LogP contribution < -0.4 is 14.8 Å². The van der Waals surface area contributed by atoms with Gasteiger partial charge in [0.05, 0.1) is 21.2 Å².